The lowest BCUT2D eigenvalue weighted by Gasteiger charge is -2.07. The molecule has 0 aliphatic carbocycles. The maximum absolute atomic E-state index is 13.0. The van der Waals surface area contributed by atoms with E-state index < -0.39 is 0 Å². The van der Waals surface area contributed by atoms with Crippen LogP contribution in [0.25, 0.3) is 32.8 Å². The molecule has 0 atom stereocenters. The minimum absolute atomic E-state index is 0.268. The minimum Gasteiger partial charge on any atom is -0.464 e. The van der Waals surface area contributed by atoms with Gasteiger partial charge in [0.05, 0.1) is 17.6 Å². The van der Waals surface area contributed by atoms with Gasteiger partial charge < -0.3 is 15.5 Å². The predicted molar refractivity (Wildman–Crippen MR) is 134 cm³/mol. The second kappa shape index (κ2) is 8.26. The van der Waals surface area contributed by atoms with Gasteiger partial charge in [-0.3, -0.25) is 4.79 Å². The summed E-state index contributed by atoms with van der Waals surface area (Å²) >= 11 is 4.68. The van der Waals surface area contributed by atoms with Crippen molar-refractivity contribution >= 4 is 54.8 Å². The number of nitrogens with zero attached hydrogens (tertiary/aromatic N) is 1. The van der Waals surface area contributed by atoms with Crippen LogP contribution in [0.1, 0.15) is 15.2 Å². The van der Waals surface area contributed by atoms with Crippen molar-refractivity contribution in [1.82, 2.24) is 4.98 Å². The lowest BCUT2D eigenvalue weighted by molar-refractivity contribution is 0.103. The number of nitrogens with one attached hydrogen (secondary N) is 1. The number of aromatic nitrogens is 1. The first-order valence-corrected chi connectivity index (χ1v) is 11.5. The summed E-state index contributed by atoms with van der Waals surface area (Å²) < 4.78 is 6.62. The fraction of sp³-hybridized carbons (Fsp3) is 0.0400. The number of halogens is 1. The van der Waals surface area contributed by atoms with Crippen LogP contribution in [0.2, 0.25) is 0 Å². The number of nitrogens with two attached hydrogens (primary N) is 1. The number of hydrogen-bond donors (Lipinski definition) is 2. The van der Waals surface area contributed by atoms with Gasteiger partial charge in [0.15, 0.2) is 0 Å². The monoisotopic (exact) mass is 503 g/mol. The molecule has 0 aliphatic rings. The Labute approximate surface area is 197 Å². The summed E-state index contributed by atoms with van der Waals surface area (Å²) in [6.07, 6.45) is 1.62. The highest BCUT2D eigenvalue weighted by Crippen LogP contribution is 2.41. The van der Waals surface area contributed by atoms with Gasteiger partial charge in [-0.2, -0.15) is 0 Å². The Morgan fingerprint density at radius 2 is 1.84 bits per heavy atom. The second-order valence-electron chi connectivity index (χ2n) is 7.38. The van der Waals surface area contributed by atoms with Gasteiger partial charge in [-0.05, 0) is 49.4 Å². The van der Waals surface area contributed by atoms with Crippen molar-refractivity contribution in [3.8, 4) is 22.6 Å². The van der Waals surface area contributed by atoms with Gasteiger partial charge >= 0.3 is 0 Å². The largest absolute Gasteiger partial charge is 0.464 e. The molecule has 3 N–H and O–H groups in total. The molecule has 3 aromatic heterocycles. The van der Waals surface area contributed by atoms with Crippen molar-refractivity contribution in [3.05, 3.63) is 87.9 Å². The average molecular weight is 504 g/mol. The Hall–Kier alpha value is -3.42. The maximum atomic E-state index is 13.0. The number of pyridine rings is 1. The number of carbonyl (C=O) groups excluding carboxylic acids is 1. The van der Waals surface area contributed by atoms with E-state index in [4.69, 9.17) is 15.1 Å². The number of thiophene rings is 1. The zero-order valence-electron chi connectivity index (χ0n) is 17.1. The summed E-state index contributed by atoms with van der Waals surface area (Å²) in [5.74, 6) is 0.408. The highest BCUT2D eigenvalue weighted by molar-refractivity contribution is 9.10. The van der Waals surface area contributed by atoms with Gasteiger partial charge in [-0.25, -0.2) is 4.98 Å². The lowest BCUT2D eigenvalue weighted by Crippen LogP contribution is -2.11. The molecule has 0 saturated heterocycles. The number of aryl methyl sites for hydroxylation is 1. The highest BCUT2D eigenvalue weighted by atomic mass is 79.9. The third-order valence-corrected chi connectivity index (χ3v) is 6.77. The Balaban J connectivity index is 1.64. The summed E-state index contributed by atoms with van der Waals surface area (Å²) in [6, 6.07) is 21.2. The number of amides is 1. The van der Waals surface area contributed by atoms with E-state index in [0.29, 0.717) is 26.8 Å². The molecule has 0 aliphatic heterocycles. The number of furan rings is 1. The van der Waals surface area contributed by atoms with Crippen LogP contribution in [0, 0.1) is 6.92 Å². The van der Waals surface area contributed by atoms with Crippen LogP contribution in [0.15, 0.2) is 81.9 Å². The van der Waals surface area contributed by atoms with E-state index >= 15 is 0 Å². The molecule has 158 valence electrons. The molecule has 5 aromatic rings. The fourth-order valence-corrected chi connectivity index (χ4v) is 4.79. The topological polar surface area (TPSA) is 81.1 Å². The van der Waals surface area contributed by atoms with E-state index in [0.717, 1.165) is 26.7 Å². The molecule has 0 bridgehead atoms. The maximum Gasteiger partial charge on any atom is 0.267 e. The van der Waals surface area contributed by atoms with E-state index in [1.807, 2.05) is 73.7 Å². The predicted octanol–water partition coefficient (Wildman–Crippen LogP) is 7.13. The van der Waals surface area contributed by atoms with Gasteiger partial charge in [0.1, 0.15) is 15.5 Å². The molecule has 32 heavy (non-hydrogen) atoms. The molecule has 0 saturated carbocycles. The van der Waals surface area contributed by atoms with Crippen LogP contribution in [0.5, 0.6) is 0 Å². The molecule has 0 fully saturated rings. The van der Waals surface area contributed by atoms with E-state index in [9.17, 15) is 4.79 Å². The third kappa shape index (κ3) is 3.81. The lowest BCUT2D eigenvalue weighted by atomic mass is 10.0. The highest BCUT2D eigenvalue weighted by Gasteiger charge is 2.22. The van der Waals surface area contributed by atoms with Gasteiger partial charge in [-0.15, -0.1) is 11.3 Å². The average Bonchev–Trinajstić information content (AvgIpc) is 3.44. The quantitative estimate of drug-likeness (QED) is 0.273. The summed E-state index contributed by atoms with van der Waals surface area (Å²) in [4.78, 5) is 19.0. The number of anilines is 2. The third-order valence-electron chi connectivity index (χ3n) is 5.14. The zero-order chi connectivity index (χ0) is 22.2. The van der Waals surface area contributed by atoms with Crippen molar-refractivity contribution in [3.63, 3.8) is 0 Å². The Kier molecular flexibility index (Phi) is 5.28. The molecule has 2 aromatic carbocycles. The molecular formula is C25H18BrN3O2S. The summed E-state index contributed by atoms with van der Waals surface area (Å²) in [6.45, 7) is 2.05. The summed E-state index contributed by atoms with van der Waals surface area (Å²) in [7, 11) is 0. The Bertz CT molecular complexity index is 1420. The zero-order valence-corrected chi connectivity index (χ0v) is 19.5. The van der Waals surface area contributed by atoms with Crippen LogP contribution in [-0.2, 0) is 0 Å². The summed E-state index contributed by atoms with van der Waals surface area (Å²) in [5.41, 5.74) is 11.3. The molecule has 5 rings (SSSR count). The van der Waals surface area contributed by atoms with Crippen molar-refractivity contribution in [2.24, 2.45) is 0 Å². The van der Waals surface area contributed by atoms with Crippen LogP contribution >= 0.6 is 27.3 Å². The SMILES string of the molecule is Cc1ccc(-c2cc(-c3ccco3)c3c(N)c(C(=O)Nc4ccc(Br)cc4)sc3n2)cc1. The Morgan fingerprint density at radius 1 is 1.09 bits per heavy atom. The standard InChI is InChI=1S/C25H18BrN3O2S/c1-14-4-6-15(7-5-14)19-13-18(20-3-2-12-31-20)21-22(27)23(32-25(21)29-19)24(30)28-17-10-8-16(26)9-11-17/h2-13H,27H2,1H3,(H,28,30). The van der Waals surface area contributed by atoms with Crippen molar-refractivity contribution in [2.45, 2.75) is 6.92 Å². The number of benzene rings is 2. The molecular weight excluding hydrogens is 486 g/mol. The first kappa shape index (κ1) is 20.5. The molecule has 0 radical (unpaired) electrons. The van der Waals surface area contributed by atoms with E-state index in [-0.39, 0.29) is 5.91 Å². The first-order chi connectivity index (χ1) is 15.5. The number of fused-ring (bicyclic) bond motifs is 1. The van der Waals surface area contributed by atoms with Crippen molar-refractivity contribution in [2.75, 3.05) is 11.1 Å². The van der Waals surface area contributed by atoms with Crippen LogP contribution in [-0.4, -0.2) is 10.9 Å². The first-order valence-electron chi connectivity index (χ1n) is 9.90. The molecule has 7 heteroatoms. The molecule has 3 heterocycles. The van der Waals surface area contributed by atoms with Gasteiger partial charge in [-0.1, -0.05) is 45.8 Å². The number of carbonyl (C=O) groups is 1. The van der Waals surface area contributed by atoms with Crippen LogP contribution in [0.3, 0.4) is 0 Å². The summed E-state index contributed by atoms with van der Waals surface area (Å²) in [5, 5.41) is 3.64. The number of nitrogen functional groups attached to an aromatic ring is 1. The van der Waals surface area contributed by atoms with Gasteiger partial charge in [0.2, 0.25) is 0 Å². The second-order valence-corrected chi connectivity index (χ2v) is 9.30. The fourth-order valence-electron chi connectivity index (χ4n) is 3.51. The molecule has 5 nitrogen and oxygen atoms in total. The van der Waals surface area contributed by atoms with Crippen LogP contribution < -0.4 is 11.1 Å². The van der Waals surface area contributed by atoms with Gasteiger partial charge in [0, 0.05) is 26.7 Å². The number of hydrogen-bond acceptors (Lipinski definition) is 5. The van der Waals surface area contributed by atoms with E-state index in [1.54, 1.807) is 6.26 Å². The van der Waals surface area contributed by atoms with Crippen LogP contribution in [0.4, 0.5) is 11.4 Å². The van der Waals surface area contributed by atoms with E-state index in [2.05, 4.69) is 21.2 Å². The minimum atomic E-state index is -0.268. The normalized spacial score (nSPS) is 11.1. The van der Waals surface area contributed by atoms with Crippen molar-refractivity contribution in [1.29, 1.82) is 0 Å². The smallest absolute Gasteiger partial charge is 0.267 e. The van der Waals surface area contributed by atoms with Crippen molar-refractivity contribution < 1.29 is 9.21 Å². The molecule has 1 amide bonds. The van der Waals surface area contributed by atoms with Gasteiger partial charge in [0.25, 0.3) is 5.91 Å². The Morgan fingerprint density at radius 3 is 2.53 bits per heavy atom. The molecule has 0 spiro atoms. The number of rotatable bonds is 4. The molecule has 0 unspecified atom stereocenters. The van der Waals surface area contributed by atoms with E-state index in [1.165, 1.54) is 16.9 Å².